The van der Waals surface area contributed by atoms with Gasteiger partial charge in [-0.1, -0.05) is 22.4 Å². The number of urea groups is 1. The quantitative estimate of drug-likeness (QED) is 0.114. The lowest BCUT2D eigenvalue weighted by molar-refractivity contribution is -0.140. The van der Waals surface area contributed by atoms with Crippen LogP contribution in [0, 0.1) is 13.8 Å². The number of nitrogens with zero attached hydrogens (tertiary/aromatic N) is 4. The number of amides is 3. The lowest BCUT2D eigenvalue weighted by atomic mass is 9.85. The molecule has 0 spiro atoms. The molecule has 2 aromatic carbocycles. The Balaban J connectivity index is 1.00. The summed E-state index contributed by atoms with van der Waals surface area (Å²) in [6.45, 7) is 9.90. The van der Waals surface area contributed by atoms with Gasteiger partial charge in [0.1, 0.15) is 24.0 Å². The number of morpholine rings is 1. The number of aryl methyl sites for hydroxylation is 3. The molecule has 1 fully saturated rings. The Kier molecular flexibility index (Phi) is 12.0. The van der Waals surface area contributed by atoms with Crippen molar-refractivity contribution in [3.8, 4) is 5.75 Å². The van der Waals surface area contributed by atoms with Crippen LogP contribution in [0.5, 0.6) is 5.75 Å². The normalized spacial score (nSPS) is 16.8. The molecule has 3 amide bonds. The van der Waals surface area contributed by atoms with Crippen LogP contribution in [0.2, 0.25) is 0 Å². The molecule has 0 radical (unpaired) electrons. The highest BCUT2D eigenvalue weighted by molar-refractivity contribution is 9.10. The van der Waals surface area contributed by atoms with Crippen LogP contribution in [-0.4, -0.2) is 71.3 Å². The van der Waals surface area contributed by atoms with Gasteiger partial charge < -0.3 is 29.0 Å². The smallest absolute Gasteiger partial charge is 0.417 e. The van der Waals surface area contributed by atoms with Crippen LogP contribution in [-0.2, 0) is 22.1 Å². The number of hydrogen-bond donors (Lipinski definition) is 2. The Morgan fingerprint density at radius 3 is 2.60 bits per heavy atom. The monoisotopic (exact) mass is 828 g/mol. The Bertz CT molecular complexity index is 2110. The van der Waals surface area contributed by atoms with Crippen LogP contribution in [0.3, 0.4) is 0 Å². The van der Waals surface area contributed by atoms with Crippen molar-refractivity contribution < 1.29 is 36.7 Å². The van der Waals surface area contributed by atoms with Crippen molar-refractivity contribution in [3.05, 3.63) is 80.0 Å². The number of fused-ring (bicyclic) bond motifs is 2. The van der Waals surface area contributed by atoms with Gasteiger partial charge in [0.05, 0.1) is 42.5 Å². The molecule has 0 unspecified atom stereocenters. The molecule has 294 valence electrons. The summed E-state index contributed by atoms with van der Waals surface area (Å²) in [6.07, 6.45) is 1.90. The molecule has 12 nitrogen and oxygen atoms in total. The molecule has 1 saturated heterocycles. The summed E-state index contributed by atoms with van der Waals surface area (Å²) < 4.78 is 59.3. The lowest BCUT2D eigenvalue weighted by Crippen LogP contribution is -2.48. The fraction of sp³-hybridized carbons (Fsp3) is 0.462. The molecule has 1 atom stereocenters. The molecule has 55 heavy (non-hydrogen) atoms. The number of benzene rings is 2. The van der Waals surface area contributed by atoms with E-state index in [1.54, 1.807) is 30.2 Å². The highest BCUT2D eigenvalue weighted by atomic mass is 79.9. The van der Waals surface area contributed by atoms with Gasteiger partial charge in [-0.15, -0.1) is 0 Å². The van der Waals surface area contributed by atoms with Crippen LogP contribution in [0.4, 0.5) is 35.2 Å². The Labute approximate surface area is 324 Å². The minimum atomic E-state index is -4.68. The first-order valence-corrected chi connectivity index (χ1v) is 19.0. The van der Waals surface area contributed by atoms with Gasteiger partial charge in [0.15, 0.2) is 5.82 Å². The number of nitrogens with one attached hydrogen (secondary N) is 2. The molecule has 2 aromatic heterocycles. The second kappa shape index (κ2) is 16.6. The van der Waals surface area contributed by atoms with Crippen LogP contribution in [0.25, 0.3) is 11.0 Å². The predicted octanol–water partition coefficient (Wildman–Crippen LogP) is 8.02. The van der Waals surface area contributed by atoms with Crippen molar-refractivity contribution in [3.63, 3.8) is 0 Å². The maximum atomic E-state index is 13.7. The van der Waals surface area contributed by atoms with E-state index in [0.29, 0.717) is 68.8 Å². The van der Waals surface area contributed by atoms with Gasteiger partial charge in [0.25, 0.3) is 0 Å². The standard InChI is InChI=1S/C39H44BrF3N6O6/c1-23-14-33(30(17-29(23)40)46-37(52)47-34-20-44-24(2)19-45-34)54-22-26-21-48(12-13-53-26)35(50)8-6-5-7-11-49-31-18-32-27(15-25(31)9-10-38(49,3)4)28(39(41,42)43)16-36(51)55-32/h14-20,26H,5-13,21-22H2,1-4H3,(H2,45,46,47,52)/t26-/m0/s1. The van der Waals surface area contributed by atoms with Crippen molar-refractivity contribution >= 4 is 56.0 Å². The van der Waals surface area contributed by atoms with Crippen molar-refractivity contribution in [1.29, 1.82) is 0 Å². The van der Waals surface area contributed by atoms with E-state index < -0.39 is 23.4 Å². The number of alkyl halides is 3. The average molecular weight is 830 g/mol. The molecule has 4 aromatic rings. The SMILES string of the molecule is Cc1cnc(NC(=O)Nc2cc(Br)c(C)cc2OC[C@@H]2CN(C(=O)CCCCCN3c4cc5oc(=O)cc(C(F)(F)F)c5cc4CCC3(C)C)CCO2)cn1. The molecule has 4 heterocycles. The van der Waals surface area contributed by atoms with Gasteiger partial charge in [-0.25, -0.2) is 14.6 Å². The van der Waals surface area contributed by atoms with Gasteiger partial charge in [-0.3, -0.25) is 15.1 Å². The summed E-state index contributed by atoms with van der Waals surface area (Å²) in [5, 5.41) is 5.35. The van der Waals surface area contributed by atoms with Crippen molar-refractivity contribution in [1.82, 2.24) is 14.9 Å². The van der Waals surface area contributed by atoms with E-state index in [9.17, 15) is 27.6 Å². The van der Waals surface area contributed by atoms with Gasteiger partial charge in [-0.05, 0) is 82.7 Å². The van der Waals surface area contributed by atoms with E-state index in [2.05, 4.69) is 55.3 Å². The van der Waals surface area contributed by atoms with Crippen molar-refractivity contribution in [2.45, 2.75) is 84.0 Å². The Hall–Kier alpha value is -4.70. The first kappa shape index (κ1) is 40.0. The van der Waals surface area contributed by atoms with Gasteiger partial charge in [0, 0.05) is 52.7 Å². The first-order chi connectivity index (χ1) is 26.1. The number of unbranched alkanes of at least 4 members (excludes halogenated alkanes) is 2. The van der Waals surface area contributed by atoms with Crippen molar-refractivity contribution in [2.75, 3.05) is 48.4 Å². The van der Waals surface area contributed by atoms with Crippen molar-refractivity contribution in [2.24, 2.45) is 0 Å². The summed E-state index contributed by atoms with van der Waals surface area (Å²) >= 11 is 3.51. The fourth-order valence-corrected chi connectivity index (χ4v) is 7.31. The second-order valence-corrected chi connectivity index (χ2v) is 15.4. The predicted molar refractivity (Wildman–Crippen MR) is 206 cm³/mol. The van der Waals surface area contributed by atoms with Gasteiger partial charge in [-0.2, -0.15) is 13.2 Å². The lowest BCUT2D eigenvalue weighted by Gasteiger charge is -2.45. The van der Waals surface area contributed by atoms with E-state index >= 15 is 0 Å². The minimum Gasteiger partial charge on any atom is -0.489 e. The topological polar surface area (TPSA) is 139 Å². The van der Waals surface area contributed by atoms with Crippen LogP contribution < -0.4 is 25.9 Å². The number of rotatable bonds is 11. The maximum Gasteiger partial charge on any atom is 0.417 e. The zero-order valence-electron chi connectivity index (χ0n) is 31.1. The van der Waals surface area contributed by atoms with Crippen LogP contribution in [0.15, 0.2) is 56.4 Å². The number of carbonyl (C=O) groups is 2. The maximum absolute atomic E-state index is 13.7. The van der Waals surface area contributed by atoms with E-state index in [-0.39, 0.29) is 35.1 Å². The molecule has 6 rings (SSSR count). The van der Waals surface area contributed by atoms with E-state index in [4.69, 9.17) is 13.9 Å². The molecular weight excluding hydrogens is 785 g/mol. The number of ether oxygens (including phenoxy) is 2. The van der Waals surface area contributed by atoms with Gasteiger partial charge in [0.2, 0.25) is 5.91 Å². The summed E-state index contributed by atoms with van der Waals surface area (Å²) in [7, 11) is 0. The van der Waals surface area contributed by atoms with Crippen LogP contribution >= 0.6 is 15.9 Å². The van der Waals surface area contributed by atoms with Crippen LogP contribution in [0.1, 0.15) is 68.3 Å². The fourth-order valence-electron chi connectivity index (χ4n) is 6.96. The summed E-state index contributed by atoms with van der Waals surface area (Å²) in [5.74, 6) is 0.770. The molecule has 0 aliphatic carbocycles. The number of carbonyl (C=O) groups excluding carboxylic acids is 2. The largest absolute Gasteiger partial charge is 0.489 e. The Morgan fingerprint density at radius 1 is 1.05 bits per heavy atom. The third kappa shape index (κ3) is 9.76. The summed E-state index contributed by atoms with van der Waals surface area (Å²) in [4.78, 5) is 50.3. The highest BCUT2D eigenvalue weighted by Gasteiger charge is 2.37. The van der Waals surface area contributed by atoms with E-state index in [0.717, 1.165) is 46.2 Å². The third-order valence-corrected chi connectivity index (χ3v) is 10.9. The molecular formula is C39H44BrF3N6O6. The zero-order chi connectivity index (χ0) is 39.5. The first-order valence-electron chi connectivity index (χ1n) is 18.2. The summed E-state index contributed by atoms with van der Waals surface area (Å²) in [6, 6.07) is 6.64. The molecule has 2 aliphatic rings. The highest BCUT2D eigenvalue weighted by Crippen LogP contribution is 2.42. The van der Waals surface area contributed by atoms with E-state index in [1.807, 2.05) is 13.0 Å². The number of aromatic nitrogens is 2. The summed E-state index contributed by atoms with van der Waals surface area (Å²) in [5.41, 5.74) is 1.25. The van der Waals surface area contributed by atoms with Gasteiger partial charge >= 0.3 is 17.8 Å². The Morgan fingerprint density at radius 2 is 1.85 bits per heavy atom. The van der Waals surface area contributed by atoms with E-state index in [1.165, 1.54) is 12.3 Å². The number of anilines is 3. The molecule has 16 heteroatoms. The molecule has 0 saturated carbocycles. The molecule has 2 N–H and O–H groups in total. The second-order valence-electron chi connectivity index (χ2n) is 14.6. The molecule has 2 aliphatic heterocycles. The third-order valence-electron chi connectivity index (χ3n) is 10.00. The minimum absolute atomic E-state index is 0.0247. The number of halogens is 4. The average Bonchev–Trinajstić information content (AvgIpc) is 3.12. The molecule has 0 bridgehead atoms. The zero-order valence-corrected chi connectivity index (χ0v) is 32.7. The number of hydrogen-bond acceptors (Lipinski definition) is 9.